The molecule has 1 heteroatoms. The minimum absolute atomic E-state index is 0.191. The number of hydrogen-bond acceptors (Lipinski definition) is 0. The molecule has 0 amide bonds. The summed E-state index contributed by atoms with van der Waals surface area (Å²) in [5.41, 5.74) is 5.72. The van der Waals surface area contributed by atoms with E-state index in [4.69, 9.17) is 0 Å². The molecule has 1 aliphatic rings. The van der Waals surface area contributed by atoms with Crippen molar-refractivity contribution in [3.63, 3.8) is 0 Å². The normalized spacial score (nSPS) is 13.8. The Kier molecular flexibility index (Phi) is 2.13. The first-order valence-corrected chi connectivity index (χ1v) is 6.50. The zero-order valence-electron chi connectivity index (χ0n) is 7.26. The summed E-state index contributed by atoms with van der Waals surface area (Å²) < 4.78 is 4.74. The number of hydrogen-bond donors (Lipinski definition) is 0. The fraction of sp³-hybridized carbons (Fsp3) is 0.182. The van der Waals surface area contributed by atoms with Crippen LogP contribution in [0.2, 0.25) is 0 Å². The van der Waals surface area contributed by atoms with Crippen LogP contribution in [0.4, 0.5) is 0 Å². The Balaban J connectivity index is 2.75. The molecule has 0 aromatic heterocycles. The van der Waals surface area contributed by atoms with Crippen LogP contribution in [0.5, 0.6) is 0 Å². The van der Waals surface area contributed by atoms with Crippen molar-refractivity contribution in [1.82, 2.24) is 0 Å². The molecular weight excluding hydrogens is 259 g/mol. The van der Waals surface area contributed by atoms with Gasteiger partial charge in [-0.05, 0) is 50.3 Å². The molecule has 1 heterocycles. The van der Waals surface area contributed by atoms with Gasteiger partial charge in [-0.1, -0.05) is 32.9 Å². The van der Waals surface area contributed by atoms with Crippen molar-refractivity contribution in [2.45, 2.75) is 13.8 Å². The molecule has 0 fully saturated rings. The van der Waals surface area contributed by atoms with Gasteiger partial charge in [0.2, 0.25) is 0 Å². The predicted octanol–water partition coefficient (Wildman–Crippen LogP) is 3.41. The highest BCUT2D eigenvalue weighted by Crippen LogP contribution is 2.24. The van der Waals surface area contributed by atoms with Crippen molar-refractivity contribution in [3.8, 4) is 0 Å². The second-order valence-corrected chi connectivity index (χ2v) is 5.12. The highest BCUT2D eigenvalue weighted by atomic mass is 127. The quantitative estimate of drug-likeness (QED) is 0.634. The molecule has 0 saturated carbocycles. The molecule has 12 heavy (non-hydrogen) atoms. The summed E-state index contributed by atoms with van der Waals surface area (Å²) in [6.45, 7) is 4.37. The lowest BCUT2D eigenvalue weighted by Crippen LogP contribution is -1.95. The SMILES string of the molecule is Cc1ccc(C)c2c1C=CI=C2. The average molecular weight is 270 g/mol. The molecule has 0 spiro atoms. The van der Waals surface area contributed by atoms with E-state index >= 15 is 0 Å². The minimum Gasteiger partial charge on any atom is -0.0931 e. The van der Waals surface area contributed by atoms with Gasteiger partial charge in [-0.15, -0.1) is 0 Å². The third-order valence-corrected chi connectivity index (χ3v) is 3.95. The van der Waals surface area contributed by atoms with Gasteiger partial charge < -0.3 is 0 Å². The summed E-state index contributed by atoms with van der Waals surface area (Å²) in [6.07, 6.45) is 2.28. The summed E-state index contributed by atoms with van der Waals surface area (Å²) in [5.74, 6) is 0. The van der Waals surface area contributed by atoms with Crippen molar-refractivity contribution >= 4 is 30.8 Å². The fourth-order valence-corrected chi connectivity index (χ4v) is 3.38. The first-order chi connectivity index (χ1) is 5.79. The van der Waals surface area contributed by atoms with Gasteiger partial charge in [0.05, 0.1) is 0 Å². The van der Waals surface area contributed by atoms with Crippen molar-refractivity contribution < 1.29 is 0 Å². The van der Waals surface area contributed by atoms with Crippen molar-refractivity contribution in [2.24, 2.45) is 0 Å². The summed E-state index contributed by atoms with van der Waals surface area (Å²) >= 11 is 0.191. The zero-order valence-corrected chi connectivity index (χ0v) is 9.42. The summed E-state index contributed by atoms with van der Waals surface area (Å²) in [5, 5.41) is 0. The number of benzene rings is 1. The van der Waals surface area contributed by atoms with E-state index in [0.29, 0.717) is 0 Å². The Morgan fingerprint density at radius 3 is 2.33 bits per heavy atom. The summed E-state index contributed by atoms with van der Waals surface area (Å²) in [6, 6.07) is 4.42. The van der Waals surface area contributed by atoms with E-state index < -0.39 is 0 Å². The largest absolute Gasteiger partial charge is 0.0931 e. The number of halogens is 1. The molecule has 1 aromatic carbocycles. The van der Waals surface area contributed by atoms with E-state index in [2.05, 4.69) is 40.2 Å². The highest BCUT2D eigenvalue weighted by molar-refractivity contribution is 14.2. The Hall–Kier alpha value is -0.440. The first kappa shape index (κ1) is 8.17. The Morgan fingerprint density at radius 2 is 1.67 bits per heavy atom. The van der Waals surface area contributed by atoms with Crippen molar-refractivity contribution in [1.29, 1.82) is 0 Å². The van der Waals surface area contributed by atoms with E-state index in [1.807, 2.05) is 0 Å². The topological polar surface area (TPSA) is 0 Å². The lowest BCUT2D eigenvalue weighted by atomic mass is 9.99. The van der Waals surface area contributed by atoms with Crippen LogP contribution in [-0.4, -0.2) is 4.01 Å². The van der Waals surface area contributed by atoms with Gasteiger partial charge in [0.25, 0.3) is 0 Å². The summed E-state index contributed by atoms with van der Waals surface area (Å²) in [4.78, 5) is 0. The van der Waals surface area contributed by atoms with Gasteiger partial charge >= 0.3 is 0 Å². The average Bonchev–Trinajstić information content (AvgIpc) is 2.12. The zero-order chi connectivity index (χ0) is 8.55. The molecule has 0 bridgehead atoms. The van der Waals surface area contributed by atoms with Crippen LogP contribution in [0.3, 0.4) is 0 Å². The third kappa shape index (κ3) is 1.26. The molecule has 0 saturated heterocycles. The van der Waals surface area contributed by atoms with E-state index in [0.717, 1.165) is 0 Å². The maximum atomic E-state index is 2.41. The Bertz CT molecular complexity index is 336. The highest BCUT2D eigenvalue weighted by Gasteiger charge is 2.05. The lowest BCUT2D eigenvalue weighted by molar-refractivity contribution is 1.37. The van der Waals surface area contributed by atoms with Gasteiger partial charge in [0.1, 0.15) is 0 Å². The number of aryl methyl sites for hydroxylation is 2. The Morgan fingerprint density at radius 1 is 1.00 bits per heavy atom. The molecule has 1 aromatic rings. The van der Waals surface area contributed by atoms with E-state index in [9.17, 15) is 0 Å². The molecule has 0 radical (unpaired) electrons. The molecule has 0 unspecified atom stereocenters. The first-order valence-electron chi connectivity index (χ1n) is 4.01. The number of fused-ring (bicyclic) bond motifs is 1. The predicted molar refractivity (Wildman–Crippen MR) is 64.1 cm³/mol. The van der Waals surface area contributed by atoms with Gasteiger partial charge in [-0.3, -0.25) is 0 Å². The maximum absolute atomic E-state index is 2.41. The second-order valence-electron chi connectivity index (χ2n) is 3.05. The number of rotatable bonds is 0. The van der Waals surface area contributed by atoms with Crippen LogP contribution in [-0.2, 0) is 0 Å². The third-order valence-electron chi connectivity index (χ3n) is 2.20. The molecule has 0 N–H and O–H groups in total. The molecule has 0 aliphatic carbocycles. The summed E-state index contributed by atoms with van der Waals surface area (Å²) in [7, 11) is 0. The lowest BCUT2D eigenvalue weighted by Gasteiger charge is -2.10. The van der Waals surface area contributed by atoms with Crippen LogP contribution in [0.1, 0.15) is 22.3 Å². The fourth-order valence-electron chi connectivity index (χ4n) is 1.42. The molecule has 0 atom stereocenters. The van der Waals surface area contributed by atoms with Crippen LogP contribution in [0.15, 0.2) is 16.2 Å². The van der Waals surface area contributed by atoms with Crippen molar-refractivity contribution in [3.05, 3.63) is 38.5 Å². The van der Waals surface area contributed by atoms with Crippen LogP contribution in [0, 0.1) is 13.8 Å². The van der Waals surface area contributed by atoms with Crippen molar-refractivity contribution in [2.75, 3.05) is 0 Å². The molecule has 62 valence electrons. The van der Waals surface area contributed by atoms with E-state index in [-0.39, 0.29) is 20.7 Å². The van der Waals surface area contributed by atoms with Crippen LogP contribution in [0.25, 0.3) is 6.08 Å². The minimum atomic E-state index is 0.191. The standard InChI is InChI=1S/C11H11I/c1-8-3-4-9(2)11-7-12-6-5-10(8)11/h3-7H,1-2H3. The van der Waals surface area contributed by atoms with E-state index in [1.54, 1.807) is 0 Å². The molecule has 2 rings (SSSR count). The van der Waals surface area contributed by atoms with Gasteiger partial charge in [0.15, 0.2) is 0 Å². The molecule has 1 aliphatic heterocycles. The van der Waals surface area contributed by atoms with E-state index in [1.165, 1.54) is 22.3 Å². The Labute approximate surface area is 83.1 Å². The maximum Gasteiger partial charge on any atom is -0.00951 e. The van der Waals surface area contributed by atoms with Crippen LogP contribution >= 0.6 is 20.7 Å². The van der Waals surface area contributed by atoms with Gasteiger partial charge in [-0.25, -0.2) is 0 Å². The monoisotopic (exact) mass is 270 g/mol. The molecule has 0 nitrogen and oxygen atoms in total. The smallest absolute Gasteiger partial charge is 0.00951 e. The van der Waals surface area contributed by atoms with Gasteiger partial charge in [-0.2, -0.15) is 0 Å². The van der Waals surface area contributed by atoms with Crippen LogP contribution < -0.4 is 0 Å². The van der Waals surface area contributed by atoms with Gasteiger partial charge in [0, 0.05) is 0 Å². The second kappa shape index (κ2) is 3.13. The molecular formula is C11H11I.